The zero-order valence-corrected chi connectivity index (χ0v) is 17.7. The van der Waals surface area contributed by atoms with E-state index in [-0.39, 0.29) is 0 Å². The van der Waals surface area contributed by atoms with E-state index >= 15 is 0 Å². The normalized spacial score (nSPS) is 11.5. The molecule has 0 bridgehead atoms. The van der Waals surface area contributed by atoms with Gasteiger partial charge < -0.3 is 19.8 Å². The first kappa shape index (κ1) is 21.5. The molecule has 6 nitrogen and oxygen atoms in total. The molecule has 0 aliphatic rings. The molecule has 3 rings (SSSR count). The van der Waals surface area contributed by atoms with Gasteiger partial charge in [0, 0.05) is 20.1 Å². The second kappa shape index (κ2) is 11.7. The molecule has 2 aromatic carbocycles. The molecule has 0 saturated heterocycles. The first-order valence-electron chi connectivity index (χ1n) is 10.1. The van der Waals surface area contributed by atoms with Gasteiger partial charge in [-0.05, 0) is 42.4 Å². The second-order valence-corrected chi connectivity index (χ2v) is 7.03. The van der Waals surface area contributed by atoms with Crippen molar-refractivity contribution < 1.29 is 9.15 Å². The number of nitrogens with zero attached hydrogens (tertiary/aromatic N) is 2. The molecule has 0 atom stereocenters. The van der Waals surface area contributed by atoms with Crippen LogP contribution in [0.15, 0.2) is 82.4 Å². The molecule has 0 amide bonds. The number of nitrogens with one attached hydrogen (secondary N) is 2. The van der Waals surface area contributed by atoms with Crippen LogP contribution in [0.25, 0.3) is 0 Å². The molecule has 0 saturated carbocycles. The highest BCUT2D eigenvalue weighted by molar-refractivity contribution is 5.79. The number of guanidine groups is 1. The van der Waals surface area contributed by atoms with Gasteiger partial charge in [-0.2, -0.15) is 0 Å². The Kier molecular flexibility index (Phi) is 8.35. The summed E-state index contributed by atoms with van der Waals surface area (Å²) in [5, 5.41) is 6.68. The van der Waals surface area contributed by atoms with Crippen molar-refractivity contribution in [1.82, 2.24) is 15.5 Å². The fraction of sp³-hybridized carbons (Fsp3) is 0.292. The highest BCUT2D eigenvalue weighted by Crippen LogP contribution is 2.13. The van der Waals surface area contributed by atoms with Crippen molar-refractivity contribution in [2.75, 3.05) is 27.2 Å². The lowest BCUT2D eigenvalue weighted by Gasteiger charge is -2.19. The van der Waals surface area contributed by atoms with E-state index in [9.17, 15) is 0 Å². The lowest BCUT2D eigenvalue weighted by molar-refractivity contribution is 0.287. The highest BCUT2D eigenvalue weighted by atomic mass is 16.5. The number of furan rings is 1. The maximum atomic E-state index is 5.71. The summed E-state index contributed by atoms with van der Waals surface area (Å²) in [4.78, 5) is 6.55. The zero-order valence-electron chi connectivity index (χ0n) is 17.7. The maximum Gasteiger partial charge on any atom is 0.191 e. The molecule has 0 aliphatic heterocycles. The number of aliphatic imine (C=N–C) groups is 1. The van der Waals surface area contributed by atoms with E-state index in [1.807, 2.05) is 42.5 Å². The van der Waals surface area contributed by atoms with Crippen molar-refractivity contribution in [2.24, 2.45) is 4.99 Å². The standard InChI is InChI=1S/C24H30N4O2/c1-25-24(26-14-16-30-22-11-4-3-5-12-22)27-17-20-9-6-7-10-21(20)18-28(2)19-23-13-8-15-29-23/h3-13,15H,14,16-19H2,1-2H3,(H2,25,26,27). The predicted octanol–water partition coefficient (Wildman–Crippen LogP) is 3.66. The van der Waals surface area contributed by atoms with Gasteiger partial charge in [0.15, 0.2) is 5.96 Å². The fourth-order valence-electron chi connectivity index (χ4n) is 3.15. The van der Waals surface area contributed by atoms with Gasteiger partial charge in [-0.1, -0.05) is 42.5 Å². The van der Waals surface area contributed by atoms with Gasteiger partial charge in [-0.15, -0.1) is 0 Å². The quantitative estimate of drug-likeness (QED) is 0.306. The third-order valence-corrected chi connectivity index (χ3v) is 4.64. The van der Waals surface area contributed by atoms with Gasteiger partial charge in [0.1, 0.15) is 18.1 Å². The number of benzene rings is 2. The molecule has 30 heavy (non-hydrogen) atoms. The monoisotopic (exact) mass is 406 g/mol. The van der Waals surface area contributed by atoms with Gasteiger partial charge in [0.2, 0.25) is 0 Å². The van der Waals surface area contributed by atoms with Gasteiger partial charge >= 0.3 is 0 Å². The summed E-state index contributed by atoms with van der Waals surface area (Å²) in [5.41, 5.74) is 2.52. The SMILES string of the molecule is CN=C(NCCOc1ccccc1)NCc1ccccc1CN(C)Cc1ccco1. The summed E-state index contributed by atoms with van der Waals surface area (Å²) < 4.78 is 11.2. The van der Waals surface area contributed by atoms with Crippen molar-refractivity contribution >= 4 is 5.96 Å². The molecule has 0 radical (unpaired) electrons. The van der Waals surface area contributed by atoms with E-state index in [0.29, 0.717) is 19.7 Å². The van der Waals surface area contributed by atoms with E-state index in [1.54, 1.807) is 13.3 Å². The molecule has 0 unspecified atom stereocenters. The Bertz CT molecular complexity index is 895. The molecule has 3 aromatic rings. The van der Waals surface area contributed by atoms with Crippen LogP contribution >= 0.6 is 0 Å². The van der Waals surface area contributed by atoms with Gasteiger partial charge in [0.05, 0.1) is 19.4 Å². The molecule has 2 N–H and O–H groups in total. The van der Waals surface area contributed by atoms with E-state index in [4.69, 9.17) is 9.15 Å². The number of hydrogen-bond acceptors (Lipinski definition) is 4. The topological polar surface area (TPSA) is 62.0 Å². The predicted molar refractivity (Wildman–Crippen MR) is 120 cm³/mol. The summed E-state index contributed by atoms with van der Waals surface area (Å²) in [6.45, 7) is 3.56. The van der Waals surface area contributed by atoms with Crippen LogP contribution in [-0.4, -0.2) is 38.1 Å². The summed E-state index contributed by atoms with van der Waals surface area (Å²) in [7, 11) is 3.87. The van der Waals surface area contributed by atoms with Crippen LogP contribution in [0.5, 0.6) is 5.75 Å². The summed E-state index contributed by atoms with van der Waals surface area (Å²) >= 11 is 0. The van der Waals surface area contributed by atoms with Crippen LogP contribution in [0.2, 0.25) is 0 Å². The maximum absolute atomic E-state index is 5.71. The number of rotatable bonds is 10. The molecule has 1 heterocycles. The minimum absolute atomic E-state index is 0.568. The second-order valence-electron chi connectivity index (χ2n) is 7.03. The summed E-state index contributed by atoms with van der Waals surface area (Å²) in [6, 6.07) is 22.2. The van der Waals surface area contributed by atoms with Gasteiger partial charge in [0.25, 0.3) is 0 Å². The highest BCUT2D eigenvalue weighted by Gasteiger charge is 2.08. The molecule has 6 heteroatoms. The Morgan fingerprint density at radius 2 is 1.70 bits per heavy atom. The Hall–Kier alpha value is -3.25. The third kappa shape index (κ3) is 6.97. The summed E-state index contributed by atoms with van der Waals surface area (Å²) in [6.07, 6.45) is 1.71. The van der Waals surface area contributed by atoms with E-state index < -0.39 is 0 Å². The van der Waals surface area contributed by atoms with Crippen LogP contribution in [0.4, 0.5) is 0 Å². The van der Waals surface area contributed by atoms with E-state index in [1.165, 1.54) is 11.1 Å². The van der Waals surface area contributed by atoms with Crippen molar-refractivity contribution in [1.29, 1.82) is 0 Å². The lowest BCUT2D eigenvalue weighted by Crippen LogP contribution is -2.39. The largest absolute Gasteiger partial charge is 0.492 e. The number of ether oxygens (including phenoxy) is 1. The van der Waals surface area contributed by atoms with Crippen molar-refractivity contribution in [3.8, 4) is 5.75 Å². The van der Waals surface area contributed by atoms with Crippen LogP contribution < -0.4 is 15.4 Å². The van der Waals surface area contributed by atoms with Crippen LogP contribution in [0, 0.1) is 0 Å². The van der Waals surface area contributed by atoms with Crippen molar-refractivity contribution in [3.63, 3.8) is 0 Å². The lowest BCUT2D eigenvalue weighted by atomic mass is 10.1. The first-order valence-corrected chi connectivity index (χ1v) is 10.1. The molecule has 0 spiro atoms. The van der Waals surface area contributed by atoms with Crippen LogP contribution in [0.3, 0.4) is 0 Å². The Balaban J connectivity index is 1.45. The molecule has 158 valence electrons. The van der Waals surface area contributed by atoms with E-state index in [2.05, 4.69) is 51.8 Å². The van der Waals surface area contributed by atoms with Gasteiger partial charge in [-0.3, -0.25) is 9.89 Å². The summed E-state index contributed by atoms with van der Waals surface area (Å²) in [5.74, 6) is 2.59. The Labute approximate surface area is 178 Å². The Morgan fingerprint density at radius 1 is 0.933 bits per heavy atom. The minimum Gasteiger partial charge on any atom is -0.492 e. The van der Waals surface area contributed by atoms with Crippen LogP contribution in [0.1, 0.15) is 16.9 Å². The van der Waals surface area contributed by atoms with Crippen molar-refractivity contribution in [2.45, 2.75) is 19.6 Å². The van der Waals surface area contributed by atoms with E-state index in [0.717, 1.165) is 30.6 Å². The zero-order chi connectivity index (χ0) is 21.0. The third-order valence-electron chi connectivity index (χ3n) is 4.64. The van der Waals surface area contributed by atoms with Crippen molar-refractivity contribution in [3.05, 3.63) is 89.9 Å². The molecule has 0 aliphatic carbocycles. The average molecular weight is 407 g/mol. The van der Waals surface area contributed by atoms with Crippen LogP contribution in [-0.2, 0) is 19.6 Å². The number of hydrogen-bond donors (Lipinski definition) is 2. The molecule has 0 fully saturated rings. The molecular weight excluding hydrogens is 376 g/mol. The average Bonchev–Trinajstić information content (AvgIpc) is 3.28. The first-order chi connectivity index (χ1) is 14.7. The molecule has 1 aromatic heterocycles. The van der Waals surface area contributed by atoms with Gasteiger partial charge in [-0.25, -0.2) is 0 Å². The minimum atomic E-state index is 0.568. The fourth-order valence-corrected chi connectivity index (χ4v) is 3.15. The Morgan fingerprint density at radius 3 is 2.43 bits per heavy atom. The smallest absolute Gasteiger partial charge is 0.191 e. The molecular formula is C24H30N4O2. The number of para-hydroxylation sites is 1.